The molecule has 1 N–H and O–H groups in total. The molecule has 3 aromatic carbocycles. The van der Waals surface area contributed by atoms with Gasteiger partial charge in [0.25, 0.3) is 5.91 Å². The first-order valence-electron chi connectivity index (χ1n) is 9.60. The van der Waals surface area contributed by atoms with E-state index in [2.05, 4.69) is 46.6 Å². The van der Waals surface area contributed by atoms with Crippen molar-refractivity contribution in [1.29, 1.82) is 0 Å². The molecule has 4 heteroatoms. The minimum absolute atomic E-state index is 0.0758. The van der Waals surface area contributed by atoms with Gasteiger partial charge in [0, 0.05) is 34.9 Å². The van der Waals surface area contributed by atoms with Gasteiger partial charge in [0.2, 0.25) is 0 Å². The van der Waals surface area contributed by atoms with Crippen LogP contribution in [0.3, 0.4) is 0 Å². The lowest BCUT2D eigenvalue weighted by atomic mass is 10.0. The molecule has 0 saturated carbocycles. The van der Waals surface area contributed by atoms with E-state index in [-0.39, 0.29) is 5.91 Å². The molecule has 0 aromatic heterocycles. The lowest BCUT2D eigenvalue weighted by Crippen LogP contribution is -2.28. The fourth-order valence-electron chi connectivity index (χ4n) is 3.66. The Balaban J connectivity index is 1.43. The third-order valence-corrected chi connectivity index (χ3v) is 5.85. The van der Waals surface area contributed by atoms with Gasteiger partial charge in [-0.1, -0.05) is 36.4 Å². The predicted molar refractivity (Wildman–Crippen MR) is 118 cm³/mol. The molecule has 1 aliphatic heterocycles. The summed E-state index contributed by atoms with van der Waals surface area (Å²) < 4.78 is 0. The highest BCUT2D eigenvalue weighted by Crippen LogP contribution is 2.28. The zero-order valence-electron chi connectivity index (χ0n) is 16.0. The van der Waals surface area contributed by atoms with Crippen LogP contribution in [0, 0.1) is 0 Å². The molecule has 1 aliphatic rings. The van der Waals surface area contributed by atoms with E-state index in [0.29, 0.717) is 5.56 Å². The van der Waals surface area contributed by atoms with Crippen molar-refractivity contribution in [3.8, 4) is 0 Å². The van der Waals surface area contributed by atoms with Crippen molar-refractivity contribution in [2.45, 2.75) is 24.3 Å². The summed E-state index contributed by atoms with van der Waals surface area (Å²) in [6.45, 7) is 1.94. The summed E-state index contributed by atoms with van der Waals surface area (Å²) in [7, 11) is 0. The number of nitrogens with one attached hydrogen (secondary N) is 1. The number of fused-ring (bicyclic) bond motifs is 1. The average molecular weight is 389 g/mol. The maximum atomic E-state index is 12.6. The van der Waals surface area contributed by atoms with Gasteiger partial charge in [-0.15, -0.1) is 11.8 Å². The first-order chi connectivity index (χ1) is 13.7. The Bertz CT molecular complexity index is 968. The summed E-state index contributed by atoms with van der Waals surface area (Å²) in [5.74, 6) is -0.0758. The van der Waals surface area contributed by atoms with Crippen LogP contribution in [-0.2, 0) is 13.0 Å². The summed E-state index contributed by atoms with van der Waals surface area (Å²) in [6.07, 6.45) is 4.37. The van der Waals surface area contributed by atoms with Gasteiger partial charge in [0.1, 0.15) is 0 Å². The Hall–Kier alpha value is -2.72. The highest BCUT2D eigenvalue weighted by Gasteiger charge is 2.16. The number of nitrogens with zero attached hydrogens (tertiary/aromatic N) is 1. The molecule has 0 fully saturated rings. The highest BCUT2D eigenvalue weighted by molar-refractivity contribution is 7.98. The number of thioether (sulfide) groups is 1. The highest BCUT2D eigenvalue weighted by atomic mass is 32.2. The van der Waals surface area contributed by atoms with Gasteiger partial charge in [0.05, 0.1) is 0 Å². The van der Waals surface area contributed by atoms with Gasteiger partial charge in [0.15, 0.2) is 0 Å². The molecule has 1 amide bonds. The van der Waals surface area contributed by atoms with Crippen molar-refractivity contribution < 1.29 is 4.79 Å². The Labute approximate surface area is 170 Å². The van der Waals surface area contributed by atoms with Crippen molar-refractivity contribution in [3.63, 3.8) is 0 Å². The number of hydrogen-bond acceptors (Lipinski definition) is 3. The standard InChI is InChI=1S/C24H24N2OS/c1-28-22-9-4-8-21(16-22)25-24(27)20-13-11-18(12-14-20)17-26-15-5-7-19-6-2-3-10-23(19)26/h2-4,6,8-14,16H,5,7,15,17H2,1H3,(H,25,27). The van der Waals surface area contributed by atoms with Crippen LogP contribution in [0.2, 0.25) is 0 Å². The molecule has 0 radical (unpaired) electrons. The average Bonchev–Trinajstić information content (AvgIpc) is 2.74. The van der Waals surface area contributed by atoms with Gasteiger partial charge >= 0.3 is 0 Å². The molecule has 1 heterocycles. The lowest BCUT2D eigenvalue weighted by molar-refractivity contribution is 0.102. The van der Waals surface area contributed by atoms with Gasteiger partial charge in [-0.3, -0.25) is 4.79 Å². The molecule has 142 valence electrons. The third kappa shape index (κ3) is 4.23. The minimum atomic E-state index is -0.0758. The topological polar surface area (TPSA) is 32.3 Å². The fraction of sp³-hybridized carbons (Fsp3) is 0.208. The number of benzene rings is 3. The van der Waals surface area contributed by atoms with Crippen molar-refractivity contribution in [1.82, 2.24) is 0 Å². The second-order valence-corrected chi connectivity index (χ2v) is 7.92. The van der Waals surface area contributed by atoms with Crippen molar-refractivity contribution >= 4 is 29.0 Å². The van der Waals surface area contributed by atoms with Gasteiger partial charge in [-0.2, -0.15) is 0 Å². The number of carbonyl (C=O) groups is 1. The second kappa shape index (κ2) is 8.53. The maximum absolute atomic E-state index is 12.6. The molecule has 0 saturated heterocycles. The second-order valence-electron chi connectivity index (χ2n) is 7.04. The molecule has 0 spiro atoms. The number of anilines is 2. The summed E-state index contributed by atoms with van der Waals surface area (Å²) in [4.78, 5) is 16.1. The predicted octanol–water partition coefficient (Wildman–Crippen LogP) is 5.61. The number of carbonyl (C=O) groups excluding carboxylic acids is 1. The van der Waals surface area contributed by atoms with E-state index < -0.39 is 0 Å². The largest absolute Gasteiger partial charge is 0.367 e. The molecule has 3 aromatic rings. The fourth-order valence-corrected chi connectivity index (χ4v) is 4.12. The van der Waals surface area contributed by atoms with E-state index >= 15 is 0 Å². The molecule has 28 heavy (non-hydrogen) atoms. The molecular formula is C24H24N2OS. The maximum Gasteiger partial charge on any atom is 0.255 e. The number of rotatable bonds is 5. The van der Waals surface area contributed by atoms with Crippen LogP contribution < -0.4 is 10.2 Å². The summed E-state index contributed by atoms with van der Waals surface area (Å²) in [5, 5.41) is 2.98. The van der Waals surface area contributed by atoms with Gasteiger partial charge < -0.3 is 10.2 Å². The normalized spacial score (nSPS) is 13.1. The van der Waals surface area contributed by atoms with Crippen molar-refractivity contribution in [2.75, 3.05) is 23.0 Å². The van der Waals surface area contributed by atoms with E-state index in [1.807, 2.05) is 42.7 Å². The summed E-state index contributed by atoms with van der Waals surface area (Å²) in [6, 6.07) is 24.5. The van der Waals surface area contributed by atoms with E-state index in [1.165, 1.54) is 23.2 Å². The number of para-hydroxylation sites is 1. The van der Waals surface area contributed by atoms with Crippen LogP contribution in [0.25, 0.3) is 0 Å². The zero-order chi connectivity index (χ0) is 19.3. The van der Waals surface area contributed by atoms with E-state index in [0.717, 1.165) is 30.1 Å². The zero-order valence-corrected chi connectivity index (χ0v) is 16.8. The number of hydrogen-bond donors (Lipinski definition) is 1. The van der Waals surface area contributed by atoms with Gasteiger partial charge in [-0.25, -0.2) is 0 Å². The lowest BCUT2D eigenvalue weighted by Gasteiger charge is -2.31. The molecule has 0 atom stereocenters. The number of aryl methyl sites for hydroxylation is 1. The van der Waals surface area contributed by atoms with Crippen LogP contribution in [-0.4, -0.2) is 18.7 Å². The van der Waals surface area contributed by atoms with Gasteiger partial charge in [-0.05, 0) is 66.6 Å². The molecule has 3 nitrogen and oxygen atoms in total. The third-order valence-electron chi connectivity index (χ3n) is 5.12. The first-order valence-corrected chi connectivity index (χ1v) is 10.8. The van der Waals surface area contributed by atoms with Crippen LogP contribution in [0.5, 0.6) is 0 Å². The minimum Gasteiger partial charge on any atom is -0.367 e. The number of amides is 1. The first kappa shape index (κ1) is 18.6. The Morgan fingerprint density at radius 2 is 1.86 bits per heavy atom. The summed E-state index contributed by atoms with van der Waals surface area (Å²) in [5.41, 5.74) is 5.49. The summed E-state index contributed by atoms with van der Waals surface area (Å²) >= 11 is 1.66. The smallest absolute Gasteiger partial charge is 0.255 e. The van der Waals surface area contributed by atoms with Crippen LogP contribution >= 0.6 is 11.8 Å². The Morgan fingerprint density at radius 3 is 2.68 bits per heavy atom. The molecule has 0 unspecified atom stereocenters. The Kier molecular flexibility index (Phi) is 5.68. The van der Waals surface area contributed by atoms with E-state index in [9.17, 15) is 4.79 Å². The molecule has 0 aliphatic carbocycles. The van der Waals surface area contributed by atoms with E-state index in [1.54, 1.807) is 11.8 Å². The van der Waals surface area contributed by atoms with Crippen molar-refractivity contribution in [3.05, 3.63) is 89.5 Å². The Morgan fingerprint density at radius 1 is 1.04 bits per heavy atom. The SMILES string of the molecule is CSc1cccc(NC(=O)c2ccc(CN3CCCc4ccccc43)cc2)c1. The van der Waals surface area contributed by atoms with E-state index in [4.69, 9.17) is 0 Å². The van der Waals surface area contributed by atoms with Crippen molar-refractivity contribution in [2.24, 2.45) is 0 Å². The molecular weight excluding hydrogens is 364 g/mol. The van der Waals surface area contributed by atoms with Crippen LogP contribution in [0.4, 0.5) is 11.4 Å². The molecule has 0 bridgehead atoms. The van der Waals surface area contributed by atoms with Crippen LogP contribution in [0.1, 0.15) is 27.9 Å². The monoisotopic (exact) mass is 388 g/mol. The molecule has 4 rings (SSSR count). The quantitative estimate of drug-likeness (QED) is 0.576. The van der Waals surface area contributed by atoms with Crippen LogP contribution in [0.15, 0.2) is 77.7 Å².